The maximum Gasteiger partial charge on any atom is 0.115 e. The number of rotatable bonds is 17. The van der Waals surface area contributed by atoms with Crippen molar-refractivity contribution in [2.45, 2.75) is 143 Å². The number of piperidine rings is 1. The smallest absolute Gasteiger partial charge is 0.115 e. The van der Waals surface area contributed by atoms with Crippen molar-refractivity contribution in [2.75, 3.05) is 19.6 Å². The molecule has 31 heavy (non-hydrogen) atoms. The molecule has 0 radical (unpaired) electrons. The second-order valence-electron chi connectivity index (χ2n) is 10.2. The van der Waals surface area contributed by atoms with Crippen molar-refractivity contribution in [1.82, 2.24) is 4.90 Å². The summed E-state index contributed by atoms with van der Waals surface area (Å²) < 4.78 is 6.28. The van der Waals surface area contributed by atoms with E-state index in [4.69, 9.17) is 4.74 Å². The maximum atomic E-state index is 6.28. The second-order valence-corrected chi connectivity index (χ2v) is 10.2. The predicted octanol–water partition coefficient (Wildman–Crippen LogP) is 8.24. The first-order valence-electron chi connectivity index (χ1n) is 14.0. The first-order chi connectivity index (χ1) is 15.1. The van der Waals surface area contributed by atoms with Gasteiger partial charge in [0.15, 0.2) is 0 Å². The number of hydrogen-bond acceptors (Lipinski definition) is 2. The Hall–Kier alpha value is -0.520. The fourth-order valence-corrected chi connectivity index (χ4v) is 4.80. The third-order valence-corrected chi connectivity index (χ3v) is 6.90. The highest BCUT2D eigenvalue weighted by molar-refractivity contribution is 5.06. The number of hydrogen-bond donors (Lipinski definition) is 0. The van der Waals surface area contributed by atoms with Crippen molar-refractivity contribution in [3.63, 3.8) is 0 Å². The molecule has 0 aliphatic carbocycles. The van der Waals surface area contributed by atoms with Crippen molar-refractivity contribution < 1.29 is 4.74 Å². The topological polar surface area (TPSA) is 12.5 Å². The molecule has 0 bridgehead atoms. The average Bonchev–Trinajstić information content (AvgIpc) is 2.77. The molecule has 1 rings (SSSR count). The van der Waals surface area contributed by atoms with Crippen LogP contribution in [0.4, 0.5) is 0 Å². The monoisotopic (exact) mass is 433 g/mol. The molecule has 1 aliphatic rings. The molecule has 182 valence electrons. The molecule has 0 amide bonds. The summed E-state index contributed by atoms with van der Waals surface area (Å²) in [5.41, 5.74) is 0. The van der Waals surface area contributed by atoms with Gasteiger partial charge in [0.25, 0.3) is 0 Å². The molecule has 2 heteroatoms. The lowest BCUT2D eigenvalue weighted by atomic mass is 9.93. The maximum absolute atomic E-state index is 6.28. The second kappa shape index (κ2) is 19.0. The highest BCUT2D eigenvalue weighted by Gasteiger charge is 2.23. The molecular formula is C29H55NO. The molecule has 1 heterocycles. The summed E-state index contributed by atoms with van der Waals surface area (Å²) in [6.45, 7) is 15.0. The van der Waals surface area contributed by atoms with Gasteiger partial charge >= 0.3 is 0 Å². The Bertz CT molecular complexity index is 445. The molecule has 2 nitrogen and oxygen atoms in total. The number of ether oxygens (including phenoxy) is 1. The fourth-order valence-electron chi connectivity index (χ4n) is 4.80. The minimum absolute atomic E-state index is 0.0745. The summed E-state index contributed by atoms with van der Waals surface area (Å²) in [6.07, 6.45) is 20.7. The van der Waals surface area contributed by atoms with Crippen LogP contribution in [0, 0.1) is 23.7 Å². The Morgan fingerprint density at radius 3 is 1.87 bits per heavy atom. The van der Waals surface area contributed by atoms with Crippen molar-refractivity contribution >= 4 is 0 Å². The van der Waals surface area contributed by atoms with Crippen LogP contribution in [0.15, 0.2) is 0 Å². The van der Waals surface area contributed by atoms with Gasteiger partial charge in [0.05, 0.1) is 6.10 Å². The minimum atomic E-state index is 0.0745. The lowest BCUT2D eigenvalue weighted by molar-refractivity contribution is -0.0146. The van der Waals surface area contributed by atoms with Crippen molar-refractivity contribution in [3.8, 4) is 11.8 Å². The van der Waals surface area contributed by atoms with Crippen molar-refractivity contribution in [1.29, 1.82) is 0 Å². The Kier molecular flexibility index (Phi) is 17.5. The Labute approximate surface area is 196 Å². The van der Waals surface area contributed by atoms with Crippen LogP contribution in [-0.4, -0.2) is 36.7 Å². The van der Waals surface area contributed by atoms with E-state index in [2.05, 4.69) is 51.4 Å². The Balaban J connectivity index is 2.34. The lowest BCUT2D eigenvalue weighted by Crippen LogP contribution is -2.40. The van der Waals surface area contributed by atoms with E-state index in [0.29, 0.717) is 12.0 Å². The van der Waals surface area contributed by atoms with E-state index in [9.17, 15) is 0 Å². The summed E-state index contributed by atoms with van der Waals surface area (Å²) in [4.78, 5) is 2.73. The highest BCUT2D eigenvalue weighted by atomic mass is 16.5. The Morgan fingerprint density at radius 2 is 1.32 bits per heavy atom. The SMILES string of the molecule is CCCCCCC(CCCCCC)CN1CCC(O[C@@H](C)C#CC(C)CCCC)CC1. The molecule has 1 aliphatic heterocycles. The highest BCUT2D eigenvalue weighted by Crippen LogP contribution is 2.23. The molecule has 0 aromatic heterocycles. The van der Waals surface area contributed by atoms with Gasteiger partial charge < -0.3 is 9.64 Å². The molecule has 0 saturated carbocycles. The van der Waals surface area contributed by atoms with Crippen LogP contribution in [-0.2, 0) is 4.74 Å². The quantitative estimate of drug-likeness (QED) is 0.169. The third kappa shape index (κ3) is 15.0. The number of unbranched alkanes of at least 4 members (excludes halogenated alkanes) is 7. The average molecular weight is 434 g/mol. The number of nitrogens with zero attached hydrogens (tertiary/aromatic N) is 1. The molecule has 1 saturated heterocycles. The summed E-state index contributed by atoms with van der Waals surface area (Å²) in [6, 6.07) is 0. The summed E-state index contributed by atoms with van der Waals surface area (Å²) >= 11 is 0. The number of likely N-dealkylation sites (tertiary alicyclic amines) is 1. The van der Waals surface area contributed by atoms with E-state index in [1.165, 1.54) is 116 Å². The van der Waals surface area contributed by atoms with E-state index >= 15 is 0 Å². The standard InChI is InChI=1S/C29H55NO/c1-6-9-12-14-17-28(18-15-13-10-7-2)25-30-23-21-29(22-24-30)31-27(5)20-19-26(4)16-11-8-3/h26-29H,6-18,21-25H2,1-5H3/t26?,27-/m0/s1. The van der Waals surface area contributed by atoms with Gasteiger partial charge in [-0.3, -0.25) is 0 Å². The molecule has 0 spiro atoms. The van der Waals surface area contributed by atoms with Crippen LogP contribution in [0.2, 0.25) is 0 Å². The summed E-state index contributed by atoms with van der Waals surface area (Å²) in [7, 11) is 0. The van der Waals surface area contributed by atoms with E-state index in [1.807, 2.05) is 0 Å². The van der Waals surface area contributed by atoms with Gasteiger partial charge in [-0.1, -0.05) is 104 Å². The first kappa shape index (κ1) is 28.5. The minimum Gasteiger partial charge on any atom is -0.362 e. The van der Waals surface area contributed by atoms with Crippen LogP contribution in [0.25, 0.3) is 0 Å². The first-order valence-corrected chi connectivity index (χ1v) is 14.0. The van der Waals surface area contributed by atoms with Gasteiger partial charge in [0.2, 0.25) is 0 Å². The van der Waals surface area contributed by atoms with Crippen LogP contribution in [0.1, 0.15) is 131 Å². The van der Waals surface area contributed by atoms with Gasteiger partial charge in [-0.2, -0.15) is 0 Å². The fraction of sp³-hybridized carbons (Fsp3) is 0.931. The van der Waals surface area contributed by atoms with Crippen molar-refractivity contribution in [3.05, 3.63) is 0 Å². The Morgan fingerprint density at radius 1 is 0.742 bits per heavy atom. The van der Waals surface area contributed by atoms with Gasteiger partial charge in [0, 0.05) is 25.6 Å². The van der Waals surface area contributed by atoms with Crippen molar-refractivity contribution in [2.24, 2.45) is 11.8 Å². The lowest BCUT2D eigenvalue weighted by Gasteiger charge is -2.35. The zero-order valence-corrected chi connectivity index (χ0v) is 21.9. The molecule has 0 aromatic rings. The molecule has 0 N–H and O–H groups in total. The van der Waals surface area contributed by atoms with Gasteiger partial charge in [-0.25, -0.2) is 0 Å². The molecule has 1 unspecified atom stereocenters. The molecule has 1 fully saturated rings. The van der Waals surface area contributed by atoms with E-state index < -0.39 is 0 Å². The van der Waals surface area contributed by atoms with Crippen LogP contribution >= 0.6 is 0 Å². The van der Waals surface area contributed by atoms with Crippen LogP contribution < -0.4 is 0 Å². The largest absolute Gasteiger partial charge is 0.362 e. The summed E-state index contributed by atoms with van der Waals surface area (Å²) in [5, 5.41) is 0. The van der Waals surface area contributed by atoms with Crippen LogP contribution in [0.5, 0.6) is 0 Å². The van der Waals surface area contributed by atoms with Gasteiger partial charge in [-0.05, 0) is 44.9 Å². The third-order valence-electron chi connectivity index (χ3n) is 6.90. The normalized spacial score (nSPS) is 17.5. The molecule has 0 aromatic carbocycles. The van der Waals surface area contributed by atoms with Gasteiger partial charge in [-0.15, -0.1) is 0 Å². The van der Waals surface area contributed by atoms with E-state index in [1.54, 1.807) is 0 Å². The molecular weight excluding hydrogens is 378 g/mol. The van der Waals surface area contributed by atoms with E-state index in [0.717, 1.165) is 5.92 Å². The molecule has 2 atom stereocenters. The zero-order valence-electron chi connectivity index (χ0n) is 21.9. The van der Waals surface area contributed by atoms with E-state index in [-0.39, 0.29) is 6.10 Å². The predicted molar refractivity (Wildman–Crippen MR) is 137 cm³/mol. The van der Waals surface area contributed by atoms with Gasteiger partial charge in [0.1, 0.15) is 6.10 Å². The van der Waals surface area contributed by atoms with Crippen LogP contribution in [0.3, 0.4) is 0 Å². The zero-order chi connectivity index (χ0) is 22.7. The summed E-state index contributed by atoms with van der Waals surface area (Å²) in [5.74, 6) is 8.18.